The minimum Gasteiger partial charge on any atom is -0.493 e. The Morgan fingerprint density at radius 1 is 1.22 bits per heavy atom. The molecule has 1 aromatic rings. The van der Waals surface area contributed by atoms with E-state index in [4.69, 9.17) is 25.8 Å². The molecule has 1 aromatic carbocycles. The number of rotatable bonds is 5. The van der Waals surface area contributed by atoms with Crippen molar-refractivity contribution in [1.82, 2.24) is 0 Å². The number of methoxy groups -OCH3 is 3. The lowest BCUT2D eigenvalue weighted by Gasteiger charge is -2.19. The van der Waals surface area contributed by atoms with Crippen LogP contribution in [0.3, 0.4) is 0 Å². The Bertz CT molecular complexity index is 456. The molecule has 0 fully saturated rings. The van der Waals surface area contributed by atoms with Gasteiger partial charge in [0.05, 0.1) is 32.3 Å². The molecule has 1 atom stereocenters. The summed E-state index contributed by atoms with van der Waals surface area (Å²) in [4.78, 5) is 11.3. The molecular formula is C12H15ClO5. The number of benzene rings is 1. The maximum absolute atomic E-state index is 11.3. The average molecular weight is 275 g/mol. The van der Waals surface area contributed by atoms with E-state index in [9.17, 15) is 9.90 Å². The number of hydrogen-bond donors (Lipinski definition) is 1. The molecule has 6 heteroatoms. The SMILES string of the molecule is COc1cc(C(=O)O)c(C(C)Cl)c(OC)c1OC. The second kappa shape index (κ2) is 5.82. The van der Waals surface area contributed by atoms with Crippen LogP contribution in [0.5, 0.6) is 17.2 Å². The van der Waals surface area contributed by atoms with Crippen LogP contribution in [0.1, 0.15) is 28.2 Å². The van der Waals surface area contributed by atoms with Crippen molar-refractivity contribution in [1.29, 1.82) is 0 Å². The van der Waals surface area contributed by atoms with Gasteiger partial charge in [0, 0.05) is 5.56 Å². The number of halogens is 1. The van der Waals surface area contributed by atoms with E-state index in [0.29, 0.717) is 11.3 Å². The summed E-state index contributed by atoms with van der Waals surface area (Å²) in [5.41, 5.74) is 0.399. The van der Waals surface area contributed by atoms with Crippen LogP contribution >= 0.6 is 11.6 Å². The smallest absolute Gasteiger partial charge is 0.336 e. The van der Waals surface area contributed by atoms with Gasteiger partial charge in [0.1, 0.15) is 0 Å². The third-order valence-electron chi connectivity index (χ3n) is 2.50. The van der Waals surface area contributed by atoms with Crippen molar-refractivity contribution in [2.24, 2.45) is 0 Å². The van der Waals surface area contributed by atoms with E-state index in [-0.39, 0.29) is 17.1 Å². The summed E-state index contributed by atoms with van der Waals surface area (Å²) < 4.78 is 15.5. The normalized spacial score (nSPS) is 11.8. The van der Waals surface area contributed by atoms with Crippen molar-refractivity contribution in [2.75, 3.05) is 21.3 Å². The van der Waals surface area contributed by atoms with Crippen LogP contribution in [0.4, 0.5) is 0 Å². The van der Waals surface area contributed by atoms with E-state index >= 15 is 0 Å². The van der Waals surface area contributed by atoms with Crippen LogP contribution in [0.25, 0.3) is 0 Å². The van der Waals surface area contributed by atoms with Gasteiger partial charge in [-0.05, 0) is 13.0 Å². The Hall–Kier alpha value is -1.62. The molecule has 1 N–H and O–H groups in total. The zero-order valence-electron chi connectivity index (χ0n) is 10.6. The molecular weight excluding hydrogens is 260 g/mol. The summed E-state index contributed by atoms with van der Waals surface area (Å²) in [5, 5.41) is 8.67. The molecule has 0 bridgehead atoms. The van der Waals surface area contributed by atoms with Crippen molar-refractivity contribution in [3.05, 3.63) is 17.2 Å². The first kappa shape index (κ1) is 14.4. The Labute approximate surface area is 110 Å². The van der Waals surface area contributed by atoms with Crippen LogP contribution < -0.4 is 14.2 Å². The number of carbonyl (C=O) groups is 1. The Morgan fingerprint density at radius 3 is 2.11 bits per heavy atom. The summed E-state index contributed by atoms with van der Waals surface area (Å²) in [6.45, 7) is 1.66. The van der Waals surface area contributed by atoms with E-state index in [0.717, 1.165) is 0 Å². The predicted molar refractivity (Wildman–Crippen MR) is 67.3 cm³/mol. The highest BCUT2D eigenvalue weighted by molar-refractivity contribution is 6.21. The zero-order valence-corrected chi connectivity index (χ0v) is 11.4. The number of alkyl halides is 1. The Kier molecular flexibility index (Phi) is 4.67. The molecule has 0 aliphatic heterocycles. The number of aromatic carboxylic acids is 1. The standard InChI is InChI=1S/C12H15ClO5/c1-6(13)9-7(12(14)15)5-8(16-2)10(17-3)11(9)18-4/h5-6H,1-4H3,(H,14,15). The maximum Gasteiger partial charge on any atom is 0.336 e. The van der Waals surface area contributed by atoms with Crippen molar-refractivity contribution in [3.8, 4) is 17.2 Å². The van der Waals surface area contributed by atoms with Crippen molar-refractivity contribution < 1.29 is 24.1 Å². The summed E-state index contributed by atoms with van der Waals surface area (Å²) in [6.07, 6.45) is 0. The van der Waals surface area contributed by atoms with E-state index in [1.165, 1.54) is 27.4 Å². The summed E-state index contributed by atoms with van der Waals surface area (Å²) in [5.74, 6) is -0.214. The van der Waals surface area contributed by atoms with Gasteiger partial charge in [-0.1, -0.05) is 0 Å². The first-order valence-corrected chi connectivity index (χ1v) is 5.61. The third kappa shape index (κ3) is 2.46. The highest BCUT2D eigenvalue weighted by atomic mass is 35.5. The Morgan fingerprint density at radius 2 is 1.78 bits per heavy atom. The van der Waals surface area contributed by atoms with Gasteiger partial charge in [-0.15, -0.1) is 11.6 Å². The van der Waals surface area contributed by atoms with E-state index < -0.39 is 11.3 Å². The summed E-state index contributed by atoms with van der Waals surface area (Å²) >= 11 is 6.02. The van der Waals surface area contributed by atoms with Crippen LogP contribution in [0.15, 0.2) is 6.07 Å². The van der Waals surface area contributed by atoms with Gasteiger partial charge in [-0.3, -0.25) is 0 Å². The molecule has 0 radical (unpaired) electrons. The van der Waals surface area contributed by atoms with E-state index in [1.807, 2.05) is 0 Å². The molecule has 0 aromatic heterocycles. The van der Waals surface area contributed by atoms with Gasteiger partial charge in [0.2, 0.25) is 5.75 Å². The Balaban J connectivity index is 3.69. The lowest BCUT2D eigenvalue weighted by atomic mass is 10.0. The van der Waals surface area contributed by atoms with Crippen LogP contribution in [-0.2, 0) is 0 Å². The molecule has 1 unspecified atom stereocenters. The second-order valence-corrected chi connectivity index (χ2v) is 4.18. The summed E-state index contributed by atoms with van der Waals surface area (Å²) in [7, 11) is 4.29. The highest BCUT2D eigenvalue weighted by Crippen LogP contribution is 2.45. The molecule has 5 nitrogen and oxygen atoms in total. The lowest BCUT2D eigenvalue weighted by molar-refractivity contribution is 0.0694. The van der Waals surface area contributed by atoms with Gasteiger partial charge in [-0.25, -0.2) is 4.79 Å². The maximum atomic E-state index is 11.3. The van der Waals surface area contributed by atoms with Gasteiger partial charge in [0.25, 0.3) is 0 Å². The molecule has 0 heterocycles. The number of carboxylic acids is 1. The first-order chi connectivity index (χ1) is 8.47. The third-order valence-corrected chi connectivity index (χ3v) is 2.71. The highest BCUT2D eigenvalue weighted by Gasteiger charge is 2.26. The lowest BCUT2D eigenvalue weighted by Crippen LogP contribution is -2.08. The fourth-order valence-electron chi connectivity index (χ4n) is 1.75. The summed E-state index contributed by atoms with van der Waals surface area (Å²) in [6, 6.07) is 1.37. The molecule has 0 amide bonds. The molecule has 0 saturated heterocycles. The number of ether oxygens (including phenoxy) is 3. The molecule has 0 saturated carbocycles. The fourth-order valence-corrected chi connectivity index (χ4v) is 1.97. The van der Waals surface area contributed by atoms with E-state index in [2.05, 4.69) is 0 Å². The van der Waals surface area contributed by atoms with Crippen molar-refractivity contribution >= 4 is 17.6 Å². The van der Waals surface area contributed by atoms with Gasteiger partial charge in [-0.2, -0.15) is 0 Å². The predicted octanol–water partition coefficient (Wildman–Crippen LogP) is 2.71. The van der Waals surface area contributed by atoms with E-state index in [1.54, 1.807) is 6.92 Å². The molecule has 0 aliphatic rings. The van der Waals surface area contributed by atoms with Crippen LogP contribution in [-0.4, -0.2) is 32.4 Å². The first-order valence-electron chi connectivity index (χ1n) is 5.18. The van der Waals surface area contributed by atoms with Crippen molar-refractivity contribution in [3.63, 3.8) is 0 Å². The zero-order chi connectivity index (χ0) is 13.9. The fraction of sp³-hybridized carbons (Fsp3) is 0.417. The van der Waals surface area contributed by atoms with Crippen LogP contribution in [0, 0.1) is 0 Å². The molecule has 100 valence electrons. The number of carboxylic acid groups (broad SMARTS) is 1. The molecule has 0 spiro atoms. The van der Waals surface area contributed by atoms with Gasteiger partial charge < -0.3 is 19.3 Å². The molecule has 18 heavy (non-hydrogen) atoms. The average Bonchev–Trinajstić information content (AvgIpc) is 2.35. The van der Waals surface area contributed by atoms with Gasteiger partial charge in [0.15, 0.2) is 11.5 Å². The molecule has 0 aliphatic carbocycles. The van der Waals surface area contributed by atoms with Gasteiger partial charge >= 0.3 is 5.97 Å². The topological polar surface area (TPSA) is 65.0 Å². The number of hydrogen-bond acceptors (Lipinski definition) is 4. The largest absolute Gasteiger partial charge is 0.493 e. The minimum absolute atomic E-state index is 0.0343. The quantitative estimate of drug-likeness (QED) is 0.836. The minimum atomic E-state index is -1.10. The van der Waals surface area contributed by atoms with Crippen molar-refractivity contribution in [2.45, 2.75) is 12.3 Å². The molecule has 1 rings (SSSR count). The van der Waals surface area contributed by atoms with Crippen LogP contribution in [0.2, 0.25) is 0 Å². The monoisotopic (exact) mass is 274 g/mol. The second-order valence-electron chi connectivity index (χ2n) is 3.53.